The molecule has 19 heavy (non-hydrogen) atoms. The van der Waals surface area contributed by atoms with Crippen molar-refractivity contribution in [2.45, 2.75) is 66.2 Å². The van der Waals surface area contributed by atoms with E-state index in [2.05, 4.69) is 50.9 Å². The number of nitrogens with one attached hydrogen (secondary N) is 1. The summed E-state index contributed by atoms with van der Waals surface area (Å²) >= 11 is 0. The van der Waals surface area contributed by atoms with E-state index >= 15 is 0 Å². The second-order valence-electron chi connectivity index (χ2n) is 6.45. The van der Waals surface area contributed by atoms with Crippen molar-refractivity contribution in [1.29, 1.82) is 0 Å². The van der Waals surface area contributed by atoms with Gasteiger partial charge in [0.25, 0.3) is 0 Å². The van der Waals surface area contributed by atoms with E-state index in [-0.39, 0.29) is 0 Å². The summed E-state index contributed by atoms with van der Waals surface area (Å²) < 4.78 is 5.91. The fraction of sp³-hybridized carbons (Fsp3) is 0.750. The monoisotopic (exact) mass is 264 g/mol. The molecule has 0 aromatic carbocycles. The molecular formula is C16H28N2O. The summed E-state index contributed by atoms with van der Waals surface area (Å²) in [5, 5.41) is 3.45. The van der Waals surface area contributed by atoms with Gasteiger partial charge in [0.05, 0.1) is 6.54 Å². The predicted octanol–water partition coefficient (Wildman–Crippen LogP) is 3.32. The first-order chi connectivity index (χ1) is 8.95. The summed E-state index contributed by atoms with van der Waals surface area (Å²) in [6.45, 7) is 14.1. The van der Waals surface area contributed by atoms with Crippen LogP contribution in [0.15, 0.2) is 10.5 Å². The quantitative estimate of drug-likeness (QED) is 0.884. The van der Waals surface area contributed by atoms with E-state index < -0.39 is 0 Å². The van der Waals surface area contributed by atoms with Gasteiger partial charge >= 0.3 is 0 Å². The van der Waals surface area contributed by atoms with Crippen LogP contribution < -0.4 is 5.32 Å². The van der Waals surface area contributed by atoms with Gasteiger partial charge in [0.1, 0.15) is 11.5 Å². The highest BCUT2D eigenvalue weighted by molar-refractivity contribution is 5.21. The fourth-order valence-electron chi connectivity index (χ4n) is 2.96. The Kier molecular flexibility index (Phi) is 4.69. The van der Waals surface area contributed by atoms with Crippen molar-refractivity contribution in [2.24, 2.45) is 5.92 Å². The van der Waals surface area contributed by atoms with Gasteiger partial charge in [0, 0.05) is 30.7 Å². The van der Waals surface area contributed by atoms with Gasteiger partial charge in [-0.05, 0) is 32.3 Å². The van der Waals surface area contributed by atoms with Crippen LogP contribution in [0.2, 0.25) is 0 Å². The Hall–Kier alpha value is -0.800. The highest BCUT2D eigenvalue weighted by Gasteiger charge is 2.26. The van der Waals surface area contributed by atoms with Gasteiger partial charge in [-0.3, -0.25) is 4.90 Å². The number of nitrogens with zero attached hydrogens (tertiary/aromatic N) is 1. The molecule has 3 nitrogen and oxygen atoms in total. The molecule has 108 valence electrons. The van der Waals surface area contributed by atoms with E-state index in [0.717, 1.165) is 30.5 Å². The van der Waals surface area contributed by atoms with Crippen molar-refractivity contribution in [3.05, 3.63) is 23.2 Å². The molecule has 0 radical (unpaired) electrons. The normalized spacial score (nSPS) is 24.5. The van der Waals surface area contributed by atoms with Crippen LogP contribution in [0.1, 0.15) is 51.2 Å². The smallest absolute Gasteiger partial charge is 0.118 e. The lowest BCUT2D eigenvalue weighted by Gasteiger charge is -2.19. The van der Waals surface area contributed by atoms with Gasteiger partial charge in [-0.2, -0.15) is 0 Å². The standard InChI is InChI=1S/C16H28N2O/c1-11(2)17-8-15-7-16(19-14(15)5)10-18-9-12(3)6-13(18)4/h7,11-13,17H,6,8-10H2,1-5H3. The highest BCUT2D eigenvalue weighted by atomic mass is 16.3. The lowest BCUT2D eigenvalue weighted by Crippen LogP contribution is -2.26. The molecule has 0 spiro atoms. The summed E-state index contributed by atoms with van der Waals surface area (Å²) in [5.41, 5.74) is 1.29. The molecule has 1 aromatic heterocycles. The molecule has 3 heteroatoms. The van der Waals surface area contributed by atoms with Crippen LogP contribution in [0.3, 0.4) is 0 Å². The number of likely N-dealkylation sites (tertiary alicyclic amines) is 1. The van der Waals surface area contributed by atoms with Crippen molar-refractivity contribution in [3.8, 4) is 0 Å². The van der Waals surface area contributed by atoms with E-state index in [1.54, 1.807) is 0 Å². The van der Waals surface area contributed by atoms with Gasteiger partial charge in [-0.1, -0.05) is 20.8 Å². The largest absolute Gasteiger partial charge is 0.465 e. The molecule has 1 aromatic rings. The third kappa shape index (κ3) is 3.83. The molecule has 1 N–H and O–H groups in total. The van der Waals surface area contributed by atoms with Crippen LogP contribution in [0.4, 0.5) is 0 Å². The van der Waals surface area contributed by atoms with Crippen LogP contribution >= 0.6 is 0 Å². The highest BCUT2D eigenvalue weighted by Crippen LogP contribution is 2.25. The zero-order valence-electron chi connectivity index (χ0n) is 13.0. The molecule has 1 aliphatic rings. The fourth-order valence-corrected chi connectivity index (χ4v) is 2.96. The lowest BCUT2D eigenvalue weighted by molar-refractivity contribution is 0.234. The van der Waals surface area contributed by atoms with Crippen molar-refractivity contribution in [1.82, 2.24) is 10.2 Å². The molecule has 1 fully saturated rings. The average molecular weight is 264 g/mol. The van der Waals surface area contributed by atoms with Crippen LogP contribution in [0, 0.1) is 12.8 Å². The van der Waals surface area contributed by atoms with Crippen molar-refractivity contribution in [2.75, 3.05) is 6.54 Å². The first kappa shape index (κ1) is 14.6. The molecule has 1 aliphatic heterocycles. The maximum absolute atomic E-state index is 5.91. The van der Waals surface area contributed by atoms with Crippen molar-refractivity contribution >= 4 is 0 Å². The Morgan fingerprint density at radius 1 is 1.42 bits per heavy atom. The molecular weight excluding hydrogens is 236 g/mol. The Bertz CT molecular complexity index is 411. The maximum Gasteiger partial charge on any atom is 0.118 e. The summed E-state index contributed by atoms with van der Waals surface area (Å²) in [4.78, 5) is 2.53. The topological polar surface area (TPSA) is 28.4 Å². The third-order valence-corrected chi connectivity index (χ3v) is 4.04. The molecule has 0 amide bonds. The Morgan fingerprint density at radius 3 is 2.74 bits per heavy atom. The van der Waals surface area contributed by atoms with Crippen LogP contribution in [0.25, 0.3) is 0 Å². The molecule has 2 rings (SSSR count). The Labute approximate surface area is 117 Å². The number of aryl methyl sites for hydroxylation is 1. The lowest BCUT2D eigenvalue weighted by atomic mass is 10.1. The predicted molar refractivity (Wildman–Crippen MR) is 79.1 cm³/mol. The minimum atomic E-state index is 0.511. The van der Waals surface area contributed by atoms with E-state index in [1.165, 1.54) is 18.5 Å². The van der Waals surface area contributed by atoms with E-state index in [0.29, 0.717) is 12.1 Å². The van der Waals surface area contributed by atoms with Crippen LogP contribution in [0.5, 0.6) is 0 Å². The van der Waals surface area contributed by atoms with E-state index in [1.807, 2.05) is 0 Å². The third-order valence-electron chi connectivity index (χ3n) is 4.04. The van der Waals surface area contributed by atoms with Gasteiger partial charge < -0.3 is 9.73 Å². The van der Waals surface area contributed by atoms with Crippen LogP contribution in [-0.2, 0) is 13.1 Å². The average Bonchev–Trinajstić information content (AvgIpc) is 2.80. The molecule has 0 aliphatic carbocycles. The minimum Gasteiger partial charge on any atom is -0.465 e. The Morgan fingerprint density at radius 2 is 2.16 bits per heavy atom. The number of hydrogen-bond acceptors (Lipinski definition) is 3. The zero-order valence-corrected chi connectivity index (χ0v) is 13.0. The minimum absolute atomic E-state index is 0.511. The van der Waals surface area contributed by atoms with Gasteiger partial charge in [-0.15, -0.1) is 0 Å². The summed E-state index contributed by atoms with van der Waals surface area (Å²) in [6.07, 6.45) is 1.31. The zero-order chi connectivity index (χ0) is 14.0. The molecule has 2 unspecified atom stereocenters. The summed E-state index contributed by atoms with van der Waals surface area (Å²) in [6, 6.07) is 3.41. The van der Waals surface area contributed by atoms with Gasteiger partial charge in [-0.25, -0.2) is 0 Å². The number of hydrogen-bond donors (Lipinski definition) is 1. The first-order valence-corrected chi connectivity index (χ1v) is 7.51. The SMILES string of the molecule is Cc1oc(CN2CC(C)CC2C)cc1CNC(C)C. The molecule has 2 atom stereocenters. The second-order valence-corrected chi connectivity index (χ2v) is 6.45. The number of furan rings is 1. The van der Waals surface area contributed by atoms with Gasteiger partial charge in [0.15, 0.2) is 0 Å². The maximum atomic E-state index is 5.91. The second kappa shape index (κ2) is 6.10. The van der Waals surface area contributed by atoms with Crippen molar-refractivity contribution < 1.29 is 4.42 Å². The molecule has 2 heterocycles. The van der Waals surface area contributed by atoms with E-state index in [9.17, 15) is 0 Å². The Balaban J connectivity index is 1.96. The van der Waals surface area contributed by atoms with Crippen LogP contribution in [-0.4, -0.2) is 23.5 Å². The molecule has 0 saturated carbocycles. The number of rotatable bonds is 5. The van der Waals surface area contributed by atoms with Crippen molar-refractivity contribution in [3.63, 3.8) is 0 Å². The van der Waals surface area contributed by atoms with Gasteiger partial charge in [0.2, 0.25) is 0 Å². The summed E-state index contributed by atoms with van der Waals surface area (Å²) in [5.74, 6) is 2.98. The first-order valence-electron chi connectivity index (χ1n) is 7.51. The summed E-state index contributed by atoms with van der Waals surface area (Å²) in [7, 11) is 0. The van der Waals surface area contributed by atoms with E-state index in [4.69, 9.17) is 4.42 Å². The molecule has 1 saturated heterocycles. The molecule has 0 bridgehead atoms.